The number of anilines is 2. The van der Waals surface area contributed by atoms with Gasteiger partial charge >= 0.3 is 0 Å². The Morgan fingerprint density at radius 1 is 1.17 bits per heavy atom. The van der Waals surface area contributed by atoms with E-state index in [4.69, 9.17) is 10.6 Å². The monoisotopic (exact) mass is 411 g/mol. The van der Waals surface area contributed by atoms with Gasteiger partial charge in [-0.3, -0.25) is 4.79 Å². The van der Waals surface area contributed by atoms with Crippen LogP contribution in [0.3, 0.4) is 0 Å². The predicted octanol–water partition coefficient (Wildman–Crippen LogP) is 2.57. The number of amides is 1. The average Bonchev–Trinajstić information content (AvgIpc) is 3.10. The Morgan fingerprint density at radius 3 is 2.59 bits per heavy atom. The topological polar surface area (TPSA) is 119 Å². The van der Waals surface area contributed by atoms with Crippen LogP contribution in [0.2, 0.25) is 0 Å². The quantitative estimate of drug-likeness (QED) is 0.225. The zero-order valence-electron chi connectivity index (χ0n) is 16.0. The number of carbonyl (C=O) groups excluding carboxylic acids is 1. The summed E-state index contributed by atoms with van der Waals surface area (Å²) < 4.78 is 6.40. The molecule has 0 aliphatic rings. The molecule has 150 valence electrons. The van der Waals surface area contributed by atoms with Crippen LogP contribution < -0.4 is 21.3 Å². The molecule has 0 radical (unpaired) electrons. The largest absolute Gasteiger partial charge is 0.497 e. The summed E-state index contributed by atoms with van der Waals surface area (Å²) in [5, 5.41) is 15.4. The van der Waals surface area contributed by atoms with Gasteiger partial charge in [0.15, 0.2) is 0 Å². The maximum absolute atomic E-state index is 12.0. The van der Waals surface area contributed by atoms with Gasteiger partial charge in [-0.25, -0.2) is 10.1 Å². The minimum Gasteiger partial charge on any atom is -0.497 e. The van der Waals surface area contributed by atoms with Gasteiger partial charge in [0, 0.05) is 5.69 Å². The molecule has 9 nitrogen and oxygen atoms in total. The van der Waals surface area contributed by atoms with Crippen LogP contribution >= 0.6 is 11.8 Å². The molecule has 0 saturated heterocycles. The van der Waals surface area contributed by atoms with Crippen LogP contribution in [0.4, 0.5) is 11.6 Å². The number of carbonyl (C=O) groups is 1. The van der Waals surface area contributed by atoms with Crippen molar-refractivity contribution in [1.82, 2.24) is 14.9 Å². The van der Waals surface area contributed by atoms with E-state index in [1.807, 2.05) is 61.5 Å². The van der Waals surface area contributed by atoms with Gasteiger partial charge in [0.25, 0.3) is 5.95 Å². The summed E-state index contributed by atoms with van der Waals surface area (Å²) in [6.45, 7) is 1.86. The Labute approximate surface area is 172 Å². The number of thioether (sulfide) groups is 1. The molecule has 0 saturated carbocycles. The number of hydrazone groups is 1. The molecule has 0 atom stereocenters. The number of methoxy groups -OCH3 is 1. The number of para-hydroxylation sites is 1. The average molecular weight is 411 g/mol. The molecule has 0 aliphatic carbocycles. The first-order chi connectivity index (χ1) is 14.1. The number of aromatic nitrogens is 3. The van der Waals surface area contributed by atoms with Crippen molar-refractivity contribution in [3.8, 4) is 5.75 Å². The van der Waals surface area contributed by atoms with Crippen molar-refractivity contribution in [2.45, 2.75) is 12.1 Å². The Balaban J connectivity index is 1.56. The lowest BCUT2D eigenvalue weighted by molar-refractivity contribution is -0.113. The Bertz CT molecular complexity index is 988. The number of nitrogens with two attached hydrogens (primary N) is 1. The first-order valence-electron chi connectivity index (χ1n) is 8.69. The molecule has 4 N–H and O–H groups in total. The second-order valence-corrected chi connectivity index (χ2v) is 6.86. The molecule has 0 fully saturated rings. The Kier molecular flexibility index (Phi) is 6.69. The van der Waals surface area contributed by atoms with E-state index in [0.29, 0.717) is 5.16 Å². The second-order valence-electron chi connectivity index (χ2n) is 5.92. The van der Waals surface area contributed by atoms with E-state index >= 15 is 0 Å². The summed E-state index contributed by atoms with van der Waals surface area (Å²) in [5.74, 6) is 7.03. The van der Waals surface area contributed by atoms with E-state index in [9.17, 15) is 4.79 Å². The minimum atomic E-state index is -0.160. The minimum absolute atomic E-state index is 0.151. The fourth-order valence-corrected chi connectivity index (χ4v) is 2.99. The molecule has 1 aromatic heterocycles. The van der Waals surface area contributed by atoms with E-state index in [1.54, 1.807) is 7.11 Å². The third-order valence-corrected chi connectivity index (χ3v) is 4.83. The van der Waals surface area contributed by atoms with Crippen molar-refractivity contribution in [1.29, 1.82) is 0 Å². The van der Waals surface area contributed by atoms with Gasteiger partial charge in [0.05, 0.1) is 18.6 Å². The summed E-state index contributed by atoms with van der Waals surface area (Å²) in [6.07, 6.45) is 0. The van der Waals surface area contributed by atoms with Crippen LogP contribution in [0.15, 0.2) is 64.9 Å². The SMILES string of the molecule is COc1ccc(/C(C)=N/Nc2nnc(SCC(=O)Nc3ccccc3)n2N)cc1. The number of ether oxygens (including phenoxy) is 1. The fraction of sp³-hybridized carbons (Fsp3) is 0.158. The number of nitrogens with zero attached hydrogens (tertiary/aromatic N) is 4. The van der Waals surface area contributed by atoms with Crippen LogP contribution in [0.25, 0.3) is 0 Å². The maximum Gasteiger partial charge on any atom is 0.264 e. The zero-order chi connectivity index (χ0) is 20.6. The van der Waals surface area contributed by atoms with Crippen LogP contribution in [-0.4, -0.2) is 39.4 Å². The first kappa shape index (κ1) is 20.2. The number of nitrogen functional groups attached to an aromatic ring is 1. The molecular weight excluding hydrogens is 390 g/mol. The standard InChI is InChI=1S/C19H21N7O2S/c1-13(14-8-10-16(28-2)11-9-14)22-23-18-24-25-19(26(18)20)29-12-17(27)21-15-6-4-3-5-7-15/h3-11H,12,20H2,1-2H3,(H,21,27)(H,23,24)/b22-13+. The normalized spacial score (nSPS) is 11.2. The van der Waals surface area contributed by atoms with Crippen molar-refractivity contribution in [3.05, 3.63) is 60.2 Å². The van der Waals surface area contributed by atoms with Gasteiger partial charge in [-0.2, -0.15) is 5.10 Å². The number of hydrogen-bond acceptors (Lipinski definition) is 8. The second kappa shape index (κ2) is 9.60. The van der Waals surface area contributed by atoms with Gasteiger partial charge in [-0.15, -0.1) is 10.2 Å². The summed E-state index contributed by atoms with van der Waals surface area (Å²) in [6, 6.07) is 16.7. The zero-order valence-corrected chi connectivity index (χ0v) is 16.8. The summed E-state index contributed by atoms with van der Waals surface area (Å²) >= 11 is 1.18. The van der Waals surface area contributed by atoms with E-state index in [1.165, 1.54) is 16.4 Å². The van der Waals surface area contributed by atoms with Crippen molar-refractivity contribution < 1.29 is 9.53 Å². The maximum atomic E-state index is 12.0. The lowest BCUT2D eigenvalue weighted by atomic mass is 10.1. The molecule has 0 unspecified atom stereocenters. The molecular formula is C19H21N7O2S. The lowest BCUT2D eigenvalue weighted by Crippen LogP contribution is -2.17. The summed E-state index contributed by atoms with van der Waals surface area (Å²) in [7, 11) is 1.62. The molecule has 29 heavy (non-hydrogen) atoms. The van der Waals surface area contributed by atoms with Crippen molar-refractivity contribution in [2.24, 2.45) is 5.10 Å². The summed E-state index contributed by atoms with van der Waals surface area (Å²) in [5.41, 5.74) is 5.20. The van der Waals surface area contributed by atoms with E-state index in [0.717, 1.165) is 22.7 Å². The third kappa shape index (κ3) is 5.48. The molecule has 0 spiro atoms. The lowest BCUT2D eigenvalue weighted by Gasteiger charge is -2.06. The van der Waals surface area contributed by atoms with Gasteiger partial charge in [-0.05, 0) is 48.9 Å². The Hall–Kier alpha value is -3.53. The highest BCUT2D eigenvalue weighted by Gasteiger charge is 2.12. The van der Waals surface area contributed by atoms with Crippen LogP contribution in [0, 0.1) is 0 Å². The third-order valence-electron chi connectivity index (χ3n) is 3.89. The molecule has 10 heteroatoms. The Morgan fingerprint density at radius 2 is 1.90 bits per heavy atom. The van der Waals surface area contributed by atoms with Gasteiger partial charge in [0.2, 0.25) is 11.1 Å². The smallest absolute Gasteiger partial charge is 0.264 e. The molecule has 1 amide bonds. The highest BCUT2D eigenvalue weighted by atomic mass is 32.2. The van der Waals surface area contributed by atoms with Gasteiger partial charge in [-0.1, -0.05) is 30.0 Å². The highest BCUT2D eigenvalue weighted by Crippen LogP contribution is 2.18. The van der Waals surface area contributed by atoms with Crippen molar-refractivity contribution in [2.75, 3.05) is 29.4 Å². The molecule has 0 bridgehead atoms. The highest BCUT2D eigenvalue weighted by molar-refractivity contribution is 7.99. The van der Waals surface area contributed by atoms with E-state index in [-0.39, 0.29) is 17.6 Å². The summed E-state index contributed by atoms with van der Waals surface area (Å²) in [4.78, 5) is 12.0. The molecule has 0 aliphatic heterocycles. The fourth-order valence-electron chi connectivity index (χ4n) is 2.33. The molecule has 3 rings (SSSR count). The van der Waals surface area contributed by atoms with Crippen LogP contribution in [-0.2, 0) is 4.79 Å². The van der Waals surface area contributed by atoms with Gasteiger partial charge in [0.1, 0.15) is 5.75 Å². The number of rotatable bonds is 8. The molecule has 1 heterocycles. The van der Waals surface area contributed by atoms with Gasteiger partial charge < -0.3 is 15.9 Å². The first-order valence-corrected chi connectivity index (χ1v) is 9.68. The van der Waals surface area contributed by atoms with Crippen molar-refractivity contribution >= 4 is 35.0 Å². The predicted molar refractivity (Wildman–Crippen MR) is 115 cm³/mol. The van der Waals surface area contributed by atoms with Crippen molar-refractivity contribution in [3.63, 3.8) is 0 Å². The van der Waals surface area contributed by atoms with Crippen LogP contribution in [0.1, 0.15) is 12.5 Å². The number of nitrogens with one attached hydrogen (secondary N) is 2. The number of benzene rings is 2. The molecule has 2 aromatic carbocycles. The molecule has 3 aromatic rings. The van der Waals surface area contributed by atoms with Crippen LogP contribution in [0.5, 0.6) is 5.75 Å². The van der Waals surface area contributed by atoms with E-state index < -0.39 is 0 Å². The number of hydrogen-bond donors (Lipinski definition) is 3. The van der Waals surface area contributed by atoms with E-state index in [2.05, 4.69) is 26.0 Å².